The fraction of sp³-hybridized carbons (Fsp3) is 0.556. The predicted molar refractivity (Wildman–Crippen MR) is 171 cm³/mol. The molecule has 0 unspecified atom stereocenters. The van der Waals surface area contributed by atoms with Crippen LogP contribution in [0.15, 0.2) is 70.7 Å². The number of hydrogen-bond acceptors (Lipinski definition) is 2. The molecule has 2 aromatic carbocycles. The standard InChI is InChI=1S/C36H54N2/c1-5-9-11-13-14-15-16-17-18-23-27-35(37-33-24-20-19-21-25-33)36(26-22-12-10-6-2)38-34-29-31(7-3)28-32(8-4)30-34/h19-21,23-25,27-30H,5-18,22,26H2,1-4H3. The molecular formula is C36H54N2. The lowest BCUT2D eigenvalue weighted by atomic mass is 10.0. The molecule has 0 aliphatic heterocycles. The van der Waals surface area contributed by atoms with Gasteiger partial charge in [0.15, 0.2) is 0 Å². The van der Waals surface area contributed by atoms with Crippen LogP contribution in [0.1, 0.15) is 129 Å². The summed E-state index contributed by atoms with van der Waals surface area (Å²) in [6, 6.07) is 17.2. The van der Waals surface area contributed by atoms with Gasteiger partial charge in [-0.25, -0.2) is 4.99 Å². The fourth-order valence-corrected chi connectivity index (χ4v) is 4.76. The summed E-state index contributed by atoms with van der Waals surface area (Å²) in [5.41, 5.74) is 6.93. The van der Waals surface area contributed by atoms with Crippen molar-refractivity contribution >= 4 is 22.8 Å². The quantitative estimate of drug-likeness (QED) is 0.124. The molecule has 0 aromatic heterocycles. The van der Waals surface area contributed by atoms with Gasteiger partial charge >= 0.3 is 0 Å². The molecule has 0 aliphatic rings. The number of allylic oxidation sites excluding steroid dienone is 2. The Labute approximate surface area is 234 Å². The van der Waals surface area contributed by atoms with Crippen molar-refractivity contribution in [3.63, 3.8) is 0 Å². The SMILES string of the molecule is CCCCCCCCCCC=CC(=Nc1ccccc1)C(CCCCCC)=Nc1cc(CC)cc(CC)c1. The summed E-state index contributed by atoms with van der Waals surface area (Å²) in [4.78, 5) is 10.4. The smallest absolute Gasteiger partial charge is 0.0848 e. The van der Waals surface area contributed by atoms with Crippen molar-refractivity contribution in [2.75, 3.05) is 0 Å². The minimum atomic E-state index is 0.964. The van der Waals surface area contributed by atoms with Crippen LogP contribution in [0, 0.1) is 0 Å². The van der Waals surface area contributed by atoms with E-state index in [2.05, 4.69) is 88.4 Å². The maximum Gasteiger partial charge on any atom is 0.0848 e. The highest BCUT2D eigenvalue weighted by atomic mass is 14.8. The van der Waals surface area contributed by atoms with Crippen molar-refractivity contribution in [2.24, 2.45) is 9.98 Å². The van der Waals surface area contributed by atoms with Gasteiger partial charge in [0.05, 0.1) is 22.8 Å². The maximum absolute atomic E-state index is 5.27. The van der Waals surface area contributed by atoms with Crippen LogP contribution in [0.3, 0.4) is 0 Å². The van der Waals surface area contributed by atoms with Crippen molar-refractivity contribution < 1.29 is 0 Å². The van der Waals surface area contributed by atoms with Crippen LogP contribution in [0.25, 0.3) is 0 Å². The molecule has 0 aliphatic carbocycles. The lowest BCUT2D eigenvalue weighted by Gasteiger charge is -2.10. The summed E-state index contributed by atoms with van der Waals surface area (Å²) in [7, 11) is 0. The second-order valence-electron chi connectivity index (χ2n) is 10.6. The van der Waals surface area contributed by atoms with Gasteiger partial charge in [0.1, 0.15) is 0 Å². The zero-order valence-electron chi connectivity index (χ0n) is 25.0. The maximum atomic E-state index is 5.27. The van der Waals surface area contributed by atoms with Crippen LogP contribution in [0.2, 0.25) is 0 Å². The lowest BCUT2D eigenvalue weighted by Crippen LogP contribution is -2.12. The highest BCUT2D eigenvalue weighted by Crippen LogP contribution is 2.22. The van der Waals surface area contributed by atoms with Crippen LogP contribution in [-0.4, -0.2) is 11.4 Å². The van der Waals surface area contributed by atoms with Crippen molar-refractivity contribution in [3.8, 4) is 0 Å². The fourth-order valence-electron chi connectivity index (χ4n) is 4.76. The first kappa shape index (κ1) is 31.7. The first-order valence-corrected chi connectivity index (χ1v) is 15.7. The number of nitrogens with zero attached hydrogens (tertiary/aromatic N) is 2. The Bertz CT molecular complexity index is 946. The molecule has 2 heteroatoms. The minimum Gasteiger partial charge on any atom is -0.251 e. The second-order valence-corrected chi connectivity index (χ2v) is 10.6. The number of hydrogen-bond donors (Lipinski definition) is 0. The van der Waals surface area contributed by atoms with Crippen LogP contribution in [0.4, 0.5) is 11.4 Å². The van der Waals surface area contributed by atoms with E-state index in [9.17, 15) is 0 Å². The van der Waals surface area contributed by atoms with E-state index in [0.717, 1.165) is 54.9 Å². The summed E-state index contributed by atoms with van der Waals surface area (Å²) in [6.45, 7) is 9.01. The molecule has 0 saturated heterocycles. The average molecular weight is 515 g/mol. The van der Waals surface area contributed by atoms with Gasteiger partial charge in [-0.3, -0.25) is 4.99 Å². The second kappa shape index (κ2) is 20.5. The Morgan fingerprint density at radius 2 is 1.18 bits per heavy atom. The first-order chi connectivity index (χ1) is 18.7. The van der Waals surface area contributed by atoms with Gasteiger partial charge < -0.3 is 0 Å². The van der Waals surface area contributed by atoms with Gasteiger partial charge in [-0.15, -0.1) is 0 Å². The summed E-state index contributed by atoms with van der Waals surface area (Å²) < 4.78 is 0. The zero-order valence-corrected chi connectivity index (χ0v) is 25.0. The normalized spacial score (nSPS) is 12.5. The predicted octanol–water partition coefficient (Wildman–Crippen LogP) is 11.7. The van der Waals surface area contributed by atoms with Gasteiger partial charge in [0.25, 0.3) is 0 Å². The van der Waals surface area contributed by atoms with E-state index in [1.165, 1.54) is 81.8 Å². The van der Waals surface area contributed by atoms with Gasteiger partial charge in [-0.1, -0.05) is 122 Å². The third kappa shape index (κ3) is 13.4. The van der Waals surface area contributed by atoms with E-state index in [-0.39, 0.29) is 0 Å². The molecule has 2 aromatic rings. The molecule has 0 heterocycles. The summed E-state index contributed by atoms with van der Waals surface area (Å²) in [5, 5.41) is 0. The largest absolute Gasteiger partial charge is 0.251 e. The number of aryl methyl sites for hydroxylation is 2. The van der Waals surface area contributed by atoms with E-state index >= 15 is 0 Å². The molecule has 0 N–H and O–H groups in total. The van der Waals surface area contributed by atoms with E-state index in [0.29, 0.717) is 0 Å². The molecule has 0 saturated carbocycles. The van der Waals surface area contributed by atoms with Crippen LogP contribution < -0.4 is 0 Å². The number of aliphatic imine (C=N–C) groups is 2. The molecule has 0 bridgehead atoms. The molecule has 0 fully saturated rings. The van der Waals surface area contributed by atoms with Crippen molar-refractivity contribution in [1.82, 2.24) is 0 Å². The third-order valence-corrected chi connectivity index (χ3v) is 7.19. The summed E-state index contributed by atoms with van der Waals surface area (Å²) >= 11 is 0. The Morgan fingerprint density at radius 1 is 0.605 bits per heavy atom. The Hall–Kier alpha value is -2.48. The number of para-hydroxylation sites is 1. The number of unbranched alkanes of at least 4 members (excludes halogenated alkanes) is 11. The Balaban J connectivity index is 2.24. The first-order valence-electron chi connectivity index (χ1n) is 15.7. The number of benzene rings is 2. The number of rotatable bonds is 20. The van der Waals surface area contributed by atoms with Gasteiger partial charge in [0.2, 0.25) is 0 Å². The molecular weight excluding hydrogens is 460 g/mol. The molecule has 0 radical (unpaired) electrons. The highest BCUT2D eigenvalue weighted by molar-refractivity contribution is 6.47. The molecule has 2 nitrogen and oxygen atoms in total. The Morgan fingerprint density at radius 3 is 1.79 bits per heavy atom. The Kier molecular flexibility index (Phi) is 17.1. The molecule has 0 atom stereocenters. The van der Waals surface area contributed by atoms with Crippen molar-refractivity contribution in [3.05, 3.63) is 71.8 Å². The van der Waals surface area contributed by atoms with E-state index < -0.39 is 0 Å². The third-order valence-electron chi connectivity index (χ3n) is 7.19. The topological polar surface area (TPSA) is 24.7 Å². The molecule has 0 spiro atoms. The van der Waals surface area contributed by atoms with Crippen LogP contribution in [0.5, 0.6) is 0 Å². The monoisotopic (exact) mass is 514 g/mol. The summed E-state index contributed by atoms with van der Waals surface area (Å²) in [6.07, 6.45) is 24.5. The van der Waals surface area contributed by atoms with E-state index in [1.54, 1.807) is 0 Å². The van der Waals surface area contributed by atoms with Gasteiger partial charge in [0, 0.05) is 0 Å². The molecule has 2 rings (SSSR count). The van der Waals surface area contributed by atoms with Crippen molar-refractivity contribution in [1.29, 1.82) is 0 Å². The molecule has 208 valence electrons. The van der Waals surface area contributed by atoms with Crippen molar-refractivity contribution in [2.45, 2.75) is 130 Å². The molecule has 0 amide bonds. The van der Waals surface area contributed by atoms with Crippen LogP contribution in [-0.2, 0) is 12.8 Å². The lowest BCUT2D eigenvalue weighted by molar-refractivity contribution is 0.577. The average Bonchev–Trinajstić information content (AvgIpc) is 2.95. The zero-order chi connectivity index (χ0) is 27.3. The van der Waals surface area contributed by atoms with Gasteiger partial charge in [-0.05, 0) is 80.0 Å². The van der Waals surface area contributed by atoms with E-state index in [4.69, 9.17) is 9.98 Å². The van der Waals surface area contributed by atoms with Crippen LogP contribution >= 0.6 is 0 Å². The highest BCUT2D eigenvalue weighted by Gasteiger charge is 2.09. The molecule has 38 heavy (non-hydrogen) atoms. The summed E-state index contributed by atoms with van der Waals surface area (Å²) in [5.74, 6) is 0. The van der Waals surface area contributed by atoms with Gasteiger partial charge in [-0.2, -0.15) is 0 Å². The van der Waals surface area contributed by atoms with E-state index in [1.807, 2.05) is 0 Å². The minimum absolute atomic E-state index is 0.964.